The van der Waals surface area contributed by atoms with Gasteiger partial charge in [0.25, 0.3) is 10.9 Å². The van der Waals surface area contributed by atoms with E-state index in [9.17, 15) is 14.9 Å². The summed E-state index contributed by atoms with van der Waals surface area (Å²) in [4.78, 5) is 27.1. The van der Waals surface area contributed by atoms with E-state index < -0.39 is 16.1 Å². The van der Waals surface area contributed by atoms with E-state index >= 15 is 0 Å². The molecule has 2 aromatic rings. The van der Waals surface area contributed by atoms with Gasteiger partial charge in [-0.25, -0.2) is 0 Å². The van der Waals surface area contributed by atoms with Gasteiger partial charge in [-0.15, -0.1) is 0 Å². The summed E-state index contributed by atoms with van der Waals surface area (Å²) in [5, 5.41) is 13.8. The molecule has 132 valence electrons. The second kappa shape index (κ2) is 7.09. The van der Waals surface area contributed by atoms with Gasteiger partial charge in [-0.3, -0.25) is 19.9 Å². The van der Waals surface area contributed by atoms with Crippen LogP contribution in [0.1, 0.15) is 30.9 Å². The number of nitrogens with one attached hydrogen (secondary N) is 1. The van der Waals surface area contributed by atoms with E-state index in [4.69, 9.17) is 11.6 Å². The molecule has 0 spiro atoms. The molecule has 0 aliphatic carbocycles. The molecule has 3 rings (SSSR count). The van der Waals surface area contributed by atoms with E-state index in [-0.39, 0.29) is 5.69 Å². The summed E-state index contributed by atoms with van der Waals surface area (Å²) in [6, 6.07) is 9.95. The Morgan fingerprint density at radius 3 is 2.62 bits per heavy atom. The minimum Gasteiger partial charge on any atom is -0.362 e. The Morgan fingerprint density at radius 2 is 2.00 bits per heavy atom. The Kier molecular flexibility index (Phi) is 4.86. The maximum atomic E-state index is 12.2. The minimum atomic E-state index is -0.597. The first kappa shape index (κ1) is 17.8. The summed E-state index contributed by atoms with van der Waals surface area (Å²) in [7, 11) is 0. The topological polar surface area (TPSA) is 85.1 Å². The average Bonchev–Trinajstić information content (AvgIpc) is 2.61. The van der Waals surface area contributed by atoms with Crippen LogP contribution < -0.4 is 5.32 Å². The van der Waals surface area contributed by atoms with E-state index in [0.29, 0.717) is 16.8 Å². The molecular formula is C19H16ClN3O3. The number of halogens is 1. The van der Waals surface area contributed by atoms with Gasteiger partial charge in [0, 0.05) is 47.4 Å². The van der Waals surface area contributed by atoms with E-state index in [2.05, 4.69) is 10.3 Å². The molecule has 1 unspecified atom stereocenters. The Bertz CT molecular complexity index is 952. The van der Waals surface area contributed by atoms with Gasteiger partial charge in [-0.2, -0.15) is 0 Å². The molecule has 0 saturated carbocycles. The van der Waals surface area contributed by atoms with Gasteiger partial charge >= 0.3 is 0 Å². The molecule has 2 heterocycles. The summed E-state index contributed by atoms with van der Waals surface area (Å²) in [5.74, 6) is -0.523. The van der Waals surface area contributed by atoms with Gasteiger partial charge in [-0.1, -0.05) is 18.2 Å². The maximum absolute atomic E-state index is 12.2. The van der Waals surface area contributed by atoms with Crippen LogP contribution in [-0.4, -0.2) is 15.1 Å². The highest BCUT2D eigenvalue weighted by Crippen LogP contribution is 2.44. The predicted molar refractivity (Wildman–Crippen MR) is 99.4 cm³/mol. The average molecular weight is 370 g/mol. The van der Waals surface area contributed by atoms with Gasteiger partial charge < -0.3 is 5.32 Å². The monoisotopic (exact) mass is 369 g/mol. The number of nitro benzene ring substituents is 1. The molecule has 0 fully saturated rings. The number of dihydropyridines is 1. The normalized spacial score (nSPS) is 17.1. The lowest BCUT2D eigenvalue weighted by atomic mass is 9.78. The SMILES string of the molecule is CC1=C(C(=O)Cl)C(c2cccc([N+](=O)[O-])c2)C(c2cccnc2)=C(C)N1. The molecule has 1 aliphatic heterocycles. The minimum absolute atomic E-state index is 0.0387. The number of pyridine rings is 1. The third-order valence-corrected chi connectivity index (χ3v) is 4.56. The predicted octanol–water partition coefficient (Wildman–Crippen LogP) is 4.15. The van der Waals surface area contributed by atoms with Crippen LogP contribution in [0.4, 0.5) is 5.69 Å². The number of nitrogens with zero attached hydrogens (tertiary/aromatic N) is 2. The number of nitro groups is 1. The van der Waals surface area contributed by atoms with Gasteiger partial charge in [0.05, 0.1) is 4.92 Å². The van der Waals surface area contributed by atoms with E-state index in [1.165, 1.54) is 12.1 Å². The molecule has 0 amide bonds. The number of non-ortho nitro benzene ring substituents is 1. The standard InChI is InChI=1S/C19H16ClN3O3/c1-11-16(14-6-4-8-21-10-14)18(17(19(20)24)12(2)22-11)13-5-3-7-15(9-13)23(25)26/h3-10,18,22H,1-2H3. The van der Waals surface area contributed by atoms with Gasteiger partial charge in [0.2, 0.25) is 0 Å². The number of hydrogen-bond acceptors (Lipinski definition) is 5. The van der Waals surface area contributed by atoms with Crippen LogP contribution in [0.3, 0.4) is 0 Å². The van der Waals surface area contributed by atoms with E-state index in [0.717, 1.165) is 16.8 Å². The van der Waals surface area contributed by atoms with Crippen LogP contribution in [0.25, 0.3) is 5.57 Å². The number of rotatable bonds is 4. The van der Waals surface area contributed by atoms with Crippen molar-refractivity contribution in [1.29, 1.82) is 0 Å². The summed E-state index contributed by atoms with van der Waals surface area (Å²) in [6.45, 7) is 3.66. The molecule has 6 nitrogen and oxygen atoms in total. The third-order valence-electron chi connectivity index (χ3n) is 4.36. The van der Waals surface area contributed by atoms with Crippen LogP contribution in [-0.2, 0) is 4.79 Å². The fraction of sp³-hybridized carbons (Fsp3) is 0.158. The van der Waals surface area contributed by atoms with Crippen molar-refractivity contribution < 1.29 is 9.72 Å². The molecule has 0 saturated heterocycles. The summed E-state index contributed by atoms with van der Waals surface area (Å²) in [6.07, 6.45) is 3.36. The van der Waals surface area contributed by atoms with Crippen molar-refractivity contribution in [1.82, 2.24) is 10.3 Å². The lowest BCUT2D eigenvalue weighted by Gasteiger charge is -2.31. The number of benzene rings is 1. The first-order chi connectivity index (χ1) is 12.4. The van der Waals surface area contributed by atoms with Crippen LogP contribution >= 0.6 is 11.6 Å². The maximum Gasteiger partial charge on any atom is 0.269 e. The highest BCUT2D eigenvalue weighted by atomic mass is 35.5. The lowest BCUT2D eigenvalue weighted by molar-refractivity contribution is -0.384. The molecular weight excluding hydrogens is 354 g/mol. The van der Waals surface area contributed by atoms with Crippen LogP contribution in [0.2, 0.25) is 0 Å². The second-order valence-electron chi connectivity index (χ2n) is 6.00. The first-order valence-electron chi connectivity index (χ1n) is 7.93. The quantitative estimate of drug-likeness (QED) is 0.497. The molecule has 1 aliphatic rings. The molecule has 1 aromatic carbocycles. The van der Waals surface area contributed by atoms with Crippen molar-refractivity contribution in [3.05, 3.63) is 87.0 Å². The number of allylic oxidation sites excluding steroid dienone is 4. The van der Waals surface area contributed by atoms with Gasteiger partial charge in [-0.05, 0) is 48.2 Å². The zero-order chi connectivity index (χ0) is 18.8. The number of hydrogen-bond donors (Lipinski definition) is 1. The van der Waals surface area contributed by atoms with E-state index in [1.807, 2.05) is 13.0 Å². The summed E-state index contributed by atoms with van der Waals surface area (Å²) >= 11 is 5.89. The zero-order valence-corrected chi connectivity index (χ0v) is 14.9. The zero-order valence-electron chi connectivity index (χ0n) is 14.2. The summed E-state index contributed by atoms with van der Waals surface area (Å²) < 4.78 is 0. The van der Waals surface area contributed by atoms with E-state index in [1.54, 1.807) is 37.5 Å². The number of aromatic nitrogens is 1. The molecule has 26 heavy (non-hydrogen) atoms. The smallest absolute Gasteiger partial charge is 0.269 e. The highest BCUT2D eigenvalue weighted by molar-refractivity contribution is 6.68. The second-order valence-corrected chi connectivity index (χ2v) is 6.35. The molecule has 1 N–H and O–H groups in total. The Morgan fingerprint density at radius 1 is 1.23 bits per heavy atom. The molecule has 0 bridgehead atoms. The van der Waals surface area contributed by atoms with Crippen molar-refractivity contribution in [3.8, 4) is 0 Å². The first-order valence-corrected chi connectivity index (χ1v) is 8.31. The Balaban J connectivity index is 2.26. The molecule has 7 heteroatoms. The van der Waals surface area contributed by atoms with Crippen LogP contribution in [0.15, 0.2) is 65.8 Å². The highest BCUT2D eigenvalue weighted by Gasteiger charge is 2.33. The van der Waals surface area contributed by atoms with Crippen molar-refractivity contribution in [2.75, 3.05) is 0 Å². The fourth-order valence-electron chi connectivity index (χ4n) is 3.31. The van der Waals surface area contributed by atoms with Crippen molar-refractivity contribution >= 4 is 28.1 Å². The molecule has 1 aromatic heterocycles. The Labute approximate surface area is 155 Å². The van der Waals surface area contributed by atoms with Gasteiger partial charge in [0.15, 0.2) is 0 Å². The number of carbonyl (C=O) groups excluding carboxylic acids is 1. The van der Waals surface area contributed by atoms with Crippen LogP contribution in [0, 0.1) is 10.1 Å². The fourth-order valence-corrected chi connectivity index (χ4v) is 3.56. The Hall–Kier alpha value is -2.99. The summed E-state index contributed by atoms with van der Waals surface area (Å²) in [5.41, 5.74) is 4.06. The lowest BCUT2D eigenvalue weighted by Crippen LogP contribution is -2.26. The largest absolute Gasteiger partial charge is 0.362 e. The van der Waals surface area contributed by atoms with Crippen LogP contribution in [0.5, 0.6) is 0 Å². The number of carbonyl (C=O) groups is 1. The van der Waals surface area contributed by atoms with Crippen molar-refractivity contribution in [3.63, 3.8) is 0 Å². The van der Waals surface area contributed by atoms with Gasteiger partial charge in [0.1, 0.15) is 0 Å². The van der Waals surface area contributed by atoms with Crippen molar-refractivity contribution in [2.45, 2.75) is 19.8 Å². The molecule has 0 radical (unpaired) electrons. The third kappa shape index (κ3) is 3.23. The van der Waals surface area contributed by atoms with Crippen molar-refractivity contribution in [2.24, 2.45) is 0 Å². The molecule has 1 atom stereocenters.